The lowest BCUT2D eigenvalue weighted by atomic mass is 10.0. The Morgan fingerprint density at radius 2 is 2.07 bits per heavy atom. The Hall–Kier alpha value is -3.62. The topological polar surface area (TPSA) is 154 Å². The van der Waals surface area contributed by atoms with E-state index in [2.05, 4.69) is 15.2 Å². The number of hydrogen-bond acceptors (Lipinski definition) is 9. The van der Waals surface area contributed by atoms with Gasteiger partial charge in [-0.2, -0.15) is 0 Å². The molecule has 3 aromatic rings. The number of thiophene rings is 1. The van der Waals surface area contributed by atoms with Crippen LogP contribution in [0.1, 0.15) is 30.9 Å². The number of rotatable bonds is 8. The second-order valence-electron chi connectivity index (χ2n) is 10.3. The molecule has 41 heavy (non-hydrogen) atoms. The van der Waals surface area contributed by atoms with Crippen molar-refractivity contribution in [2.24, 2.45) is 5.92 Å². The number of nitrogens with zero attached hydrogens (tertiary/aromatic N) is 3. The molecule has 3 amide bonds. The quantitative estimate of drug-likeness (QED) is 0.353. The number of benzene rings is 1. The van der Waals surface area contributed by atoms with E-state index in [-0.39, 0.29) is 53.9 Å². The number of hydrogen-bond donors (Lipinski definition) is 3. The third-order valence-electron chi connectivity index (χ3n) is 6.99. The number of sulfonamides is 1. The van der Waals surface area contributed by atoms with E-state index >= 15 is 0 Å². The Labute approximate surface area is 243 Å². The van der Waals surface area contributed by atoms with E-state index in [1.807, 2.05) is 6.92 Å². The molecule has 2 aromatic heterocycles. The number of likely N-dealkylation sites (N-methyl/N-ethyl adjacent to an activating group) is 1. The maximum atomic E-state index is 13.4. The lowest BCUT2D eigenvalue weighted by molar-refractivity contribution is -0.134. The molecule has 1 aromatic carbocycles. The minimum atomic E-state index is -3.80. The van der Waals surface area contributed by atoms with E-state index < -0.39 is 22.2 Å². The summed E-state index contributed by atoms with van der Waals surface area (Å²) in [6.07, 6.45) is -0.599. The average Bonchev–Trinajstić information content (AvgIpc) is 3.59. The van der Waals surface area contributed by atoms with Crippen molar-refractivity contribution in [3.63, 3.8) is 0 Å². The monoisotopic (exact) mass is 605 g/mol. The highest BCUT2D eigenvalue weighted by atomic mass is 32.2. The smallest absolute Gasteiger partial charge is 0.321 e. The van der Waals surface area contributed by atoms with Crippen LogP contribution in [0, 0.1) is 19.8 Å². The maximum Gasteiger partial charge on any atom is 0.321 e. The molecule has 3 heterocycles. The van der Waals surface area contributed by atoms with Crippen molar-refractivity contribution in [1.82, 2.24) is 15.0 Å². The van der Waals surface area contributed by atoms with Gasteiger partial charge in [-0.1, -0.05) is 18.1 Å². The van der Waals surface area contributed by atoms with Crippen molar-refractivity contribution in [2.45, 2.75) is 50.5 Å². The zero-order chi connectivity index (χ0) is 29.9. The molecule has 14 heteroatoms. The van der Waals surface area contributed by atoms with Crippen LogP contribution in [-0.4, -0.2) is 79.3 Å². The van der Waals surface area contributed by atoms with E-state index in [1.165, 1.54) is 11.0 Å². The average molecular weight is 606 g/mol. The Balaban J connectivity index is 1.62. The fourth-order valence-electron chi connectivity index (χ4n) is 4.55. The van der Waals surface area contributed by atoms with Gasteiger partial charge in [0.25, 0.3) is 10.0 Å². The zero-order valence-electron chi connectivity index (χ0n) is 23.6. The summed E-state index contributed by atoms with van der Waals surface area (Å²) in [6.45, 7) is 7.36. The van der Waals surface area contributed by atoms with Crippen LogP contribution in [0.25, 0.3) is 0 Å². The van der Waals surface area contributed by atoms with Gasteiger partial charge in [0.2, 0.25) is 5.91 Å². The van der Waals surface area contributed by atoms with E-state index in [0.717, 1.165) is 11.3 Å². The number of nitrogens with one attached hydrogen (secondary N) is 2. The second kappa shape index (κ2) is 12.5. The second-order valence-corrected chi connectivity index (χ2v) is 13.1. The van der Waals surface area contributed by atoms with E-state index in [4.69, 9.17) is 9.26 Å². The van der Waals surface area contributed by atoms with E-state index in [1.54, 1.807) is 62.4 Å². The lowest BCUT2D eigenvalue weighted by Gasteiger charge is -2.34. The number of amides is 3. The van der Waals surface area contributed by atoms with Crippen molar-refractivity contribution in [1.29, 1.82) is 0 Å². The first kappa shape index (κ1) is 30.3. The van der Waals surface area contributed by atoms with Crippen LogP contribution < -0.4 is 14.8 Å². The minimum absolute atomic E-state index is 0.0595. The molecule has 0 bridgehead atoms. The number of fused-ring (bicyclic) bond motifs is 1. The fourth-order valence-corrected chi connectivity index (χ4v) is 6.59. The fraction of sp³-hybridized carbons (Fsp3) is 0.444. The first-order chi connectivity index (χ1) is 19.4. The van der Waals surface area contributed by atoms with Crippen LogP contribution in [0.5, 0.6) is 5.75 Å². The molecule has 0 saturated heterocycles. The van der Waals surface area contributed by atoms with Crippen LogP contribution in [0.3, 0.4) is 0 Å². The first-order valence-electron chi connectivity index (χ1n) is 13.1. The Morgan fingerprint density at radius 1 is 1.32 bits per heavy atom. The van der Waals surface area contributed by atoms with Gasteiger partial charge in [0, 0.05) is 30.8 Å². The molecule has 0 saturated carbocycles. The summed E-state index contributed by atoms with van der Waals surface area (Å²) < 4.78 is 39.9. The molecule has 3 atom stereocenters. The molecule has 3 N–H and O–H groups in total. The normalized spacial score (nSPS) is 18.4. The number of anilines is 2. The van der Waals surface area contributed by atoms with Gasteiger partial charge in [-0.05, 0) is 50.4 Å². The summed E-state index contributed by atoms with van der Waals surface area (Å²) in [7, 11) is -2.16. The Kier molecular flexibility index (Phi) is 9.24. The molecule has 0 aliphatic carbocycles. The van der Waals surface area contributed by atoms with Gasteiger partial charge in [-0.15, -0.1) is 11.3 Å². The summed E-state index contributed by atoms with van der Waals surface area (Å²) >= 11 is 1.10. The SMILES string of the molecule is Cc1noc(C)c1NC(=O)N(C)C[C@H]1Oc2ccc(NS(=O)(=O)c3cccs3)cc2CC(=O)N([C@H](C)CO)C[C@@H]1C. The molecule has 4 rings (SSSR count). The Bertz CT molecular complexity index is 1470. The molecular formula is C27H35N5O7S2. The minimum Gasteiger partial charge on any atom is -0.488 e. The van der Waals surface area contributed by atoms with Crippen LogP contribution in [0.15, 0.2) is 44.4 Å². The van der Waals surface area contributed by atoms with Gasteiger partial charge < -0.3 is 29.5 Å². The van der Waals surface area contributed by atoms with E-state index in [9.17, 15) is 23.1 Å². The predicted molar refractivity (Wildman–Crippen MR) is 155 cm³/mol. The van der Waals surface area contributed by atoms with Gasteiger partial charge in [0.05, 0.1) is 25.6 Å². The van der Waals surface area contributed by atoms with Crippen LogP contribution in [-0.2, 0) is 21.2 Å². The standard InChI is InChI=1S/C27H35N5O7S2/c1-16-13-32(17(2)15-33)24(34)12-20-11-21(30-41(36,37)25-7-6-10-40-25)8-9-22(20)38-23(16)14-31(5)27(35)28-26-18(3)29-39-19(26)4/h6-11,16-17,23,30,33H,12-15H2,1-5H3,(H,28,35)/t16-,17+,23+/m0/s1. The summed E-state index contributed by atoms with van der Waals surface area (Å²) in [5, 5.41) is 18.2. The van der Waals surface area contributed by atoms with Gasteiger partial charge in [0.1, 0.15) is 27.4 Å². The number of urea groups is 1. The third kappa shape index (κ3) is 7.00. The van der Waals surface area contributed by atoms with E-state index in [0.29, 0.717) is 28.5 Å². The highest BCUT2D eigenvalue weighted by Gasteiger charge is 2.32. The van der Waals surface area contributed by atoms with Crippen LogP contribution in [0.2, 0.25) is 0 Å². The first-order valence-corrected chi connectivity index (χ1v) is 15.5. The van der Waals surface area contributed by atoms with Gasteiger partial charge >= 0.3 is 6.03 Å². The van der Waals surface area contributed by atoms with Crippen LogP contribution in [0.4, 0.5) is 16.2 Å². The molecule has 0 unspecified atom stereocenters. The van der Waals surface area contributed by atoms with Crippen molar-refractivity contribution in [3.05, 3.63) is 52.7 Å². The number of carbonyl (C=O) groups is 2. The highest BCUT2D eigenvalue weighted by Crippen LogP contribution is 2.30. The summed E-state index contributed by atoms with van der Waals surface area (Å²) in [4.78, 5) is 29.5. The number of carbonyl (C=O) groups excluding carboxylic acids is 2. The summed E-state index contributed by atoms with van der Waals surface area (Å²) in [5.41, 5.74) is 1.83. The molecule has 1 aliphatic rings. The lowest BCUT2D eigenvalue weighted by Crippen LogP contribution is -2.48. The molecule has 1 aliphatic heterocycles. The van der Waals surface area contributed by atoms with Crippen LogP contribution >= 0.6 is 11.3 Å². The number of aliphatic hydroxyl groups excluding tert-OH is 1. The molecule has 222 valence electrons. The zero-order valence-corrected chi connectivity index (χ0v) is 25.2. The number of aryl methyl sites for hydroxylation is 2. The summed E-state index contributed by atoms with van der Waals surface area (Å²) in [5.74, 6) is 0.437. The molecular weight excluding hydrogens is 570 g/mol. The van der Waals surface area contributed by atoms with Gasteiger partial charge in [-0.25, -0.2) is 13.2 Å². The number of aromatic nitrogens is 1. The van der Waals surface area contributed by atoms with Gasteiger partial charge in [-0.3, -0.25) is 9.52 Å². The van der Waals surface area contributed by atoms with Crippen molar-refractivity contribution in [3.8, 4) is 5.75 Å². The maximum absolute atomic E-state index is 13.4. The molecule has 0 radical (unpaired) electrons. The molecule has 0 spiro atoms. The largest absolute Gasteiger partial charge is 0.488 e. The molecule has 0 fully saturated rings. The third-order valence-corrected chi connectivity index (χ3v) is 9.77. The van der Waals surface area contributed by atoms with Crippen molar-refractivity contribution >= 4 is 44.7 Å². The number of aliphatic hydroxyl groups is 1. The Morgan fingerprint density at radius 3 is 2.71 bits per heavy atom. The predicted octanol–water partition coefficient (Wildman–Crippen LogP) is 3.47. The highest BCUT2D eigenvalue weighted by molar-refractivity contribution is 7.94. The number of ether oxygens (including phenoxy) is 1. The van der Waals surface area contributed by atoms with Gasteiger partial charge in [0.15, 0.2) is 5.76 Å². The van der Waals surface area contributed by atoms with Crippen molar-refractivity contribution in [2.75, 3.05) is 36.8 Å². The molecule has 12 nitrogen and oxygen atoms in total. The summed E-state index contributed by atoms with van der Waals surface area (Å²) in [6, 6.07) is 7.12. The van der Waals surface area contributed by atoms with Crippen molar-refractivity contribution < 1.29 is 32.4 Å².